The Balaban J connectivity index is 1.04. The van der Waals surface area contributed by atoms with Crippen molar-refractivity contribution in [2.24, 2.45) is 18.9 Å². The molecule has 2 aromatic carbocycles. The second-order valence-corrected chi connectivity index (χ2v) is 15.4. The molecule has 1 fully saturated rings. The minimum Gasteiger partial charge on any atom is -0.396 e. The first kappa shape index (κ1) is 37.9. The minimum absolute atomic E-state index is 0.00147. The molecule has 1 aliphatic heterocycles. The molecule has 1 saturated carbocycles. The molecule has 2 aliphatic rings. The smallest absolute Gasteiger partial charge is 0.291 e. The molecule has 11 nitrogen and oxygen atoms in total. The number of imidazole rings is 1. The maximum Gasteiger partial charge on any atom is 0.291 e. The zero-order chi connectivity index (χ0) is 37.8. The highest BCUT2D eigenvalue weighted by Crippen LogP contribution is 2.39. The van der Waals surface area contributed by atoms with Crippen molar-refractivity contribution in [1.29, 1.82) is 0 Å². The van der Waals surface area contributed by atoms with Gasteiger partial charge in [-0.1, -0.05) is 48.7 Å². The third-order valence-electron chi connectivity index (χ3n) is 11.3. The Bertz CT molecular complexity index is 2110. The summed E-state index contributed by atoms with van der Waals surface area (Å²) in [7, 11) is 1.92. The minimum atomic E-state index is -0.290. The van der Waals surface area contributed by atoms with Crippen LogP contribution in [0.1, 0.15) is 72.2 Å². The molecule has 54 heavy (non-hydrogen) atoms. The molecule has 0 unspecified atom stereocenters. The first-order valence-corrected chi connectivity index (χ1v) is 19.5. The molecule has 0 spiro atoms. The summed E-state index contributed by atoms with van der Waals surface area (Å²) in [5.74, 6) is 1.95. The van der Waals surface area contributed by atoms with Crippen molar-refractivity contribution < 1.29 is 15.0 Å². The van der Waals surface area contributed by atoms with Gasteiger partial charge < -0.3 is 30.7 Å². The van der Waals surface area contributed by atoms with Gasteiger partial charge in [0.2, 0.25) is 0 Å². The van der Waals surface area contributed by atoms with Crippen LogP contribution in [0.5, 0.6) is 0 Å². The van der Waals surface area contributed by atoms with Crippen LogP contribution in [0.2, 0.25) is 5.02 Å². The summed E-state index contributed by atoms with van der Waals surface area (Å²) in [5.41, 5.74) is 7.94. The Labute approximate surface area is 322 Å². The van der Waals surface area contributed by atoms with Gasteiger partial charge in [0.25, 0.3) is 5.91 Å². The lowest BCUT2D eigenvalue weighted by Gasteiger charge is -2.31. The van der Waals surface area contributed by atoms with Crippen molar-refractivity contribution in [1.82, 2.24) is 29.7 Å². The van der Waals surface area contributed by atoms with Gasteiger partial charge in [-0.25, -0.2) is 9.97 Å². The third kappa shape index (κ3) is 8.30. The summed E-state index contributed by atoms with van der Waals surface area (Å²) in [6.07, 6.45) is 10.3. The quantitative estimate of drug-likeness (QED) is 0.0860. The number of fused-ring (bicyclic) bond motifs is 2. The molecule has 0 saturated heterocycles. The molecule has 284 valence electrons. The maximum atomic E-state index is 13.7. The SMILES string of the molecule is Cc1c(Nc2nccc3cc(CN[C@H](C)CO)cnc23)cccc1-c1cccc(NC(=O)c2nc3c(n2C)CCN(CC[C@H]2CC[C@H](CO)CC2)C3)c1Cl. The van der Waals surface area contributed by atoms with E-state index >= 15 is 0 Å². The normalized spacial score (nSPS) is 18.0. The summed E-state index contributed by atoms with van der Waals surface area (Å²) in [6.45, 7) is 7.70. The van der Waals surface area contributed by atoms with E-state index in [0.717, 1.165) is 95.0 Å². The van der Waals surface area contributed by atoms with E-state index in [-0.39, 0.29) is 18.6 Å². The number of pyridine rings is 2. The fourth-order valence-electron chi connectivity index (χ4n) is 7.90. The highest BCUT2D eigenvalue weighted by Gasteiger charge is 2.27. The van der Waals surface area contributed by atoms with Crippen molar-refractivity contribution in [2.45, 2.75) is 71.5 Å². The number of aromatic nitrogens is 4. The number of anilines is 3. The summed E-state index contributed by atoms with van der Waals surface area (Å²) < 4.78 is 1.93. The standard InChI is InChI=1S/C42H51ClN8O3/c1-26(24-52)45-21-30-20-31-14-17-44-40(39(31)46-22-30)47-34-8-4-6-32(27(34)2)33-7-5-9-35(38(33)43)49-42(54)41-48-36-23-51(19-16-37(36)50(41)3)18-15-28-10-12-29(25-53)13-11-28/h4-9,14,17,20,22,26,28-29,45,52-53H,10-13,15-16,18-19,21,23-25H2,1-3H3,(H,44,47)(H,49,54)/t26-,28-,29-/m1/s1. The van der Waals surface area contributed by atoms with Crippen molar-refractivity contribution in [3.05, 3.63) is 94.3 Å². The van der Waals surface area contributed by atoms with Crippen molar-refractivity contribution in [2.75, 3.05) is 36.9 Å². The van der Waals surface area contributed by atoms with Gasteiger partial charge in [0.05, 0.1) is 23.0 Å². The third-order valence-corrected chi connectivity index (χ3v) is 11.7. The number of hydrogen-bond donors (Lipinski definition) is 5. The molecule has 1 aliphatic carbocycles. The number of nitrogens with one attached hydrogen (secondary N) is 3. The lowest BCUT2D eigenvalue weighted by Crippen LogP contribution is -2.33. The Morgan fingerprint density at radius 3 is 2.56 bits per heavy atom. The lowest BCUT2D eigenvalue weighted by atomic mass is 9.81. The first-order chi connectivity index (χ1) is 26.2. The van der Waals surface area contributed by atoms with E-state index in [1.807, 2.05) is 74.1 Å². The van der Waals surface area contributed by atoms with Gasteiger partial charge in [0.15, 0.2) is 11.6 Å². The number of rotatable bonds is 13. The lowest BCUT2D eigenvalue weighted by molar-refractivity contribution is 0.101. The number of nitrogens with zero attached hydrogens (tertiary/aromatic N) is 5. The van der Waals surface area contributed by atoms with E-state index in [2.05, 4.69) is 31.9 Å². The number of hydrogen-bond acceptors (Lipinski definition) is 9. The first-order valence-electron chi connectivity index (χ1n) is 19.1. The van der Waals surface area contributed by atoms with E-state index in [4.69, 9.17) is 21.6 Å². The Morgan fingerprint density at radius 2 is 1.78 bits per heavy atom. The fraction of sp³-hybridized carbons (Fsp3) is 0.429. The van der Waals surface area contributed by atoms with E-state index in [9.17, 15) is 15.0 Å². The van der Waals surface area contributed by atoms with Crippen LogP contribution < -0.4 is 16.0 Å². The van der Waals surface area contributed by atoms with Crippen molar-refractivity contribution in [3.8, 4) is 11.1 Å². The van der Waals surface area contributed by atoms with E-state index in [0.29, 0.717) is 41.4 Å². The molecule has 7 rings (SSSR count). The molecule has 1 atom stereocenters. The van der Waals surface area contributed by atoms with Crippen LogP contribution in [0.15, 0.2) is 60.9 Å². The maximum absolute atomic E-state index is 13.7. The summed E-state index contributed by atoms with van der Waals surface area (Å²) >= 11 is 7.06. The number of carbonyl (C=O) groups excluding carboxylic acids is 1. The predicted octanol–water partition coefficient (Wildman–Crippen LogP) is 7.01. The molecule has 5 N–H and O–H groups in total. The zero-order valence-corrected chi connectivity index (χ0v) is 32.2. The average Bonchev–Trinajstić information content (AvgIpc) is 3.53. The van der Waals surface area contributed by atoms with Gasteiger partial charge in [-0.05, 0) is 92.4 Å². The molecule has 0 bridgehead atoms. The van der Waals surface area contributed by atoms with Crippen LogP contribution in [0, 0.1) is 18.8 Å². The van der Waals surface area contributed by atoms with Crippen LogP contribution in [0.25, 0.3) is 22.0 Å². The Kier molecular flexibility index (Phi) is 11.9. The number of aliphatic hydroxyl groups excluding tert-OH is 2. The molecule has 12 heteroatoms. The van der Waals surface area contributed by atoms with Crippen LogP contribution in [0.3, 0.4) is 0 Å². The summed E-state index contributed by atoms with van der Waals surface area (Å²) in [5, 5.41) is 30.1. The van der Waals surface area contributed by atoms with Crippen LogP contribution in [-0.4, -0.2) is 72.9 Å². The second-order valence-electron chi connectivity index (χ2n) is 15.0. The molecule has 3 aromatic heterocycles. The molecule has 0 radical (unpaired) electrons. The van der Waals surface area contributed by atoms with Crippen LogP contribution in [-0.2, 0) is 26.6 Å². The number of halogens is 1. The van der Waals surface area contributed by atoms with Crippen molar-refractivity contribution >= 4 is 45.6 Å². The summed E-state index contributed by atoms with van der Waals surface area (Å²) in [4.78, 5) is 30.4. The van der Waals surface area contributed by atoms with Gasteiger partial charge in [-0.15, -0.1) is 0 Å². The predicted molar refractivity (Wildman–Crippen MR) is 215 cm³/mol. The number of amides is 1. The topological polar surface area (TPSA) is 140 Å². The monoisotopic (exact) mass is 750 g/mol. The highest BCUT2D eigenvalue weighted by molar-refractivity contribution is 6.36. The second kappa shape index (κ2) is 17.0. The zero-order valence-electron chi connectivity index (χ0n) is 31.4. The van der Waals surface area contributed by atoms with Gasteiger partial charge in [-0.2, -0.15) is 0 Å². The van der Waals surface area contributed by atoms with E-state index < -0.39 is 0 Å². The van der Waals surface area contributed by atoms with Gasteiger partial charge in [-0.3, -0.25) is 14.7 Å². The number of aliphatic hydroxyl groups is 2. The fourth-order valence-corrected chi connectivity index (χ4v) is 8.17. The molecular formula is C42H51ClN8O3. The van der Waals surface area contributed by atoms with Crippen LogP contribution in [0.4, 0.5) is 17.2 Å². The van der Waals surface area contributed by atoms with Crippen LogP contribution >= 0.6 is 11.6 Å². The Hall–Kier alpha value is -4.39. The number of benzene rings is 2. The highest BCUT2D eigenvalue weighted by atomic mass is 35.5. The van der Waals surface area contributed by atoms with Gasteiger partial charge >= 0.3 is 0 Å². The Morgan fingerprint density at radius 1 is 1.02 bits per heavy atom. The summed E-state index contributed by atoms with van der Waals surface area (Å²) in [6, 6.07) is 15.7. The number of carbonyl (C=O) groups is 1. The van der Waals surface area contributed by atoms with E-state index in [1.165, 1.54) is 19.3 Å². The largest absolute Gasteiger partial charge is 0.396 e. The van der Waals surface area contributed by atoms with Crippen molar-refractivity contribution in [3.63, 3.8) is 0 Å². The molecule has 1 amide bonds. The van der Waals surface area contributed by atoms with Gasteiger partial charge in [0.1, 0.15) is 5.52 Å². The molecular weight excluding hydrogens is 700 g/mol. The van der Waals surface area contributed by atoms with Gasteiger partial charge in [0, 0.05) is 80.5 Å². The average molecular weight is 751 g/mol. The van der Waals surface area contributed by atoms with E-state index in [1.54, 1.807) is 6.20 Å². The molecule has 4 heterocycles. The molecule has 5 aromatic rings.